The molecule has 17 heavy (non-hydrogen) atoms. The van der Waals surface area contributed by atoms with Gasteiger partial charge in [0.15, 0.2) is 0 Å². The summed E-state index contributed by atoms with van der Waals surface area (Å²) in [5.74, 6) is -0.933. The summed E-state index contributed by atoms with van der Waals surface area (Å²) in [6, 6.07) is 1.75. The standard InChI is InChI=1S/C10H12BrN3O3/c1-7(15)13-5-10(6-13,4-9(16)17)14-3-2-8(11)12-14/h2-3H,4-6H2,1H3,(H,16,17). The lowest BCUT2D eigenvalue weighted by Gasteiger charge is -2.49. The summed E-state index contributed by atoms with van der Waals surface area (Å²) < 4.78 is 2.29. The van der Waals surface area contributed by atoms with Gasteiger partial charge in [-0.15, -0.1) is 0 Å². The van der Waals surface area contributed by atoms with Gasteiger partial charge in [-0.3, -0.25) is 14.3 Å². The lowest BCUT2D eigenvalue weighted by molar-refractivity contribution is -0.150. The van der Waals surface area contributed by atoms with Gasteiger partial charge in [0.05, 0.1) is 6.42 Å². The zero-order valence-corrected chi connectivity index (χ0v) is 10.8. The van der Waals surface area contributed by atoms with E-state index in [4.69, 9.17) is 5.11 Å². The fourth-order valence-electron chi connectivity index (χ4n) is 2.07. The molecule has 1 aromatic rings. The third-order valence-electron chi connectivity index (χ3n) is 2.94. The van der Waals surface area contributed by atoms with Gasteiger partial charge in [-0.1, -0.05) is 0 Å². The zero-order chi connectivity index (χ0) is 12.6. The second-order valence-electron chi connectivity index (χ2n) is 4.25. The predicted octanol–water partition coefficient (Wildman–Crippen LogP) is 0.678. The molecule has 0 saturated carbocycles. The van der Waals surface area contributed by atoms with E-state index in [1.807, 2.05) is 0 Å². The van der Waals surface area contributed by atoms with Crippen LogP contribution in [0.4, 0.5) is 0 Å². The molecule has 1 aromatic heterocycles. The van der Waals surface area contributed by atoms with Crippen molar-refractivity contribution in [1.29, 1.82) is 0 Å². The van der Waals surface area contributed by atoms with Crippen LogP contribution in [-0.4, -0.2) is 44.8 Å². The van der Waals surface area contributed by atoms with Crippen LogP contribution in [0.15, 0.2) is 16.9 Å². The number of amides is 1. The van der Waals surface area contributed by atoms with Crippen molar-refractivity contribution in [2.75, 3.05) is 13.1 Å². The Morgan fingerprint density at radius 3 is 2.65 bits per heavy atom. The van der Waals surface area contributed by atoms with E-state index in [0.29, 0.717) is 17.7 Å². The van der Waals surface area contributed by atoms with Crippen LogP contribution >= 0.6 is 15.9 Å². The average Bonchev–Trinajstić information content (AvgIpc) is 2.56. The average molecular weight is 302 g/mol. The van der Waals surface area contributed by atoms with E-state index in [-0.39, 0.29) is 12.3 Å². The Bertz CT molecular complexity index is 465. The number of carboxylic acid groups (broad SMARTS) is 1. The van der Waals surface area contributed by atoms with Gasteiger partial charge in [0.1, 0.15) is 10.1 Å². The van der Waals surface area contributed by atoms with E-state index in [2.05, 4.69) is 21.0 Å². The van der Waals surface area contributed by atoms with Crippen molar-refractivity contribution >= 4 is 27.8 Å². The molecular formula is C10H12BrN3O3. The van der Waals surface area contributed by atoms with Crippen LogP contribution in [0.1, 0.15) is 13.3 Å². The molecule has 1 saturated heterocycles. The Kier molecular flexibility index (Phi) is 2.94. The maximum Gasteiger partial charge on any atom is 0.305 e. The third-order valence-corrected chi connectivity index (χ3v) is 3.36. The van der Waals surface area contributed by atoms with E-state index in [1.54, 1.807) is 21.8 Å². The normalized spacial score (nSPS) is 17.6. The summed E-state index contributed by atoms with van der Waals surface area (Å²) in [6.07, 6.45) is 1.69. The van der Waals surface area contributed by atoms with Gasteiger partial charge in [0, 0.05) is 26.2 Å². The molecule has 2 rings (SSSR count). The number of carbonyl (C=O) groups excluding carboxylic acids is 1. The van der Waals surface area contributed by atoms with Crippen molar-refractivity contribution in [3.8, 4) is 0 Å². The first-order valence-electron chi connectivity index (χ1n) is 5.12. The largest absolute Gasteiger partial charge is 0.481 e. The quantitative estimate of drug-likeness (QED) is 0.891. The topological polar surface area (TPSA) is 75.4 Å². The van der Waals surface area contributed by atoms with Crippen LogP contribution in [0.25, 0.3) is 0 Å². The maximum atomic E-state index is 11.2. The molecule has 6 nitrogen and oxygen atoms in total. The molecule has 0 atom stereocenters. The molecule has 0 bridgehead atoms. The summed E-state index contributed by atoms with van der Waals surface area (Å²) >= 11 is 3.23. The first kappa shape index (κ1) is 12.1. The van der Waals surface area contributed by atoms with E-state index >= 15 is 0 Å². The van der Waals surface area contributed by atoms with Gasteiger partial charge in [-0.2, -0.15) is 5.10 Å². The van der Waals surface area contributed by atoms with E-state index in [0.717, 1.165) is 0 Å². The number of aliphatic carboxylic acids is 1. The number of halogens is 1. The van der Waals surface area contributed by atoms with Crippen molar-refractivity contribution in [3.63, 3.8) is 0 Å². The van der Waals surface area contributed by atoms with Gasteiger partial charge in [0.25, 0.3) is 0 Å². The molecule has 0 spiro atoms. The molecule has 1 aliphatic heterocycles. The summed E-state index contributed by atoms with van der Waals surface area (Å²) in [7, 11) is 0. The Morgan fingerprint density at radius 2 is 2.24 bits per heavy atom. The lowest BCUT2D eigenvalue weighted by Crippen LogP contribution is -2.64. The molecule has 0 aromatic carbocycles. The lowest BCUT2D eigenvalue weighted by atomic mass is 9.86. The first-order valence-corrected chi connectivity index (χ1v) is 5.91. The molecule has 92 valence electrons. The highest BCUT2D eigenvalue weighted by Gasteiger charge is 2.48. The SMILES string of the molecule is CC(=O)N1CC(CC(=O)O)(n2ccc(Br)n2)C1. The minimum atomic E-state index is -0.889. The number of carbonyl (C=O) groups is 2. The Balaban J connectivity index is 2.22. The molecule has 1 N–H and O–H groups in total. The number of hydrogen-bond acceptors (Lipinski definition) is 3. The maximum absolute atomic E-state index is 11.2. The highest BCUT2D eigenvalue weighted by molar-refractivity contribution is 9.10. The Morgan fingerprint density at radius 1 is 1.59 bits per heavy atom. The fourth-order valence-corrected chi connectivity index (χ4v) is 2.36. The molecule has 0 radical (unpaired) electrons. The second kappa shape index (κ2) is 4.14. The monoisotopic (exact) mass is 301 g/mol. The van der Waals surface area contributed by atoms with E-state index in [1.165, 1.54) is 6.92 Å². The van der Waals surface area contributed by atoms with Gasteiger partial charge in [0.2, 0.25) is 5.91 Å². The van der Waals surface area contributed by atoms with Gasteiger partial charge >= 0.3 is 5.97 Å². The molecular weight excluding hydrogens is 290 g/mol. The highest BCUT2D eigenvalue weighted by Crippen LogP contribution is 2.32. The highest BCUT2D eigenvalue weighted by atomic mass is 79.9. The minimum absolute atomic E-state index is 0.0368. The van der Waals surface area contributed by atoms with Crippen molar-refractivity contribution in [1.82, 2.24) is 14.7 Å². The van der Waals surface area contributed by atoms with Crippen LogP contribution in [0.2, 0.25) is 0 Å². The Labute approximate surface area is 106 Å². The van der Waals surface area contributed by atoms with Crippen LogP contribution < -0.4 is 0 Å². The number of likely N-dealkylation sites (tertiary alicyclic amines) is 1. The molecule has 0 aliphatic carbocycles. The van der Waals surface area contributed by atoms with Crippen molar-refractivity contribution in [2.45, 2.75) is 18.9 Å². The molecule has 0 unspecified atom stereocenters. The number of aromatic nitrogens is 2. The summed E-state index contributed by atoms with van der Waals surface area (Å²) in [4.78, 5) is 23.7. The number of hydrogen-bond donors (Lipinski definition) is 1. The molecule has 1 amide bonds. The molecule has 1 fully saturated rings. The first-order chi connectivity index (χ1) is 7.93. The smallest absolute Gasteiger partial charge is 0.305 e. The molecule has 7 heteroatoms. The van der Waals surface area contributed by atoms with Crippen LogP contribution in [-0.2, 0) is 15.1 Å². The molecule has 1 aliphatic rings. The van der Waals surface area contributed by atoms with E-state index in [9.17, 15) is 9.59 Å². The van der Waals surface area contributed by atoms with Crippen molar-refractivity contribution in [2.24, 2.45) is 0 Å². The van der Waals surface area contributed by atoms with Crippen molar-refractivity contribution < 1.29 is 14.7 Å². The zero-order valence-electron chi connectivity index (χ0n) is 9.26. The number of nitrogens with zero attached hydrogens (tertiary/aromatic N) is 3. The van der Waals surface area contributed by atoms with E-state index < -0.39 is 11.5 Å². The van der Waals surface area contributed by atoms with Gasteiger partial charge in [-0.05, 0) is 22.0 Å². The number of rotatable bonds is 3. The summed E-state index contributed by atoms with van der Waals surface area (Å²) in [5.41, 5.74) is -0.608. The summed E-state index contributed by atoms with van der Waals surface area (Å²) in [5, 5.41) is 13.1. The summed E-state index contributed by atoms with van der Waals surface area (Å²) in [6.45, 7) is 2.26. The fraction of sp³-hybridized carbons (Fsp3) is 0.500. The van der Waals surface area contributed by atoms with Crippen LogP contribution in [0.5, 0.6) is 0 Å². The predicted molar refractivity (Wildman–Crippen MR) is 62.4 cm³/mol. The van der Waals surface area contributed by atoms with Gasteiger partial charge < -0.3 is 10.0 Å². The van der Waals surface area contributed by atoms with Gasteiger partial charge in [-0.25, -0.2) is 0 Å². The van der Waals surface area contributed by atoms with Crippen LogP contribution in [0, 0.1) is 0 Å². The minimum Gasteiger partial charge on any atom is -0.481 e. The third kappa shape index (κ3) is 2.19. The van der Waals surface area contributed by atoms with Crippen LogP contribution in [0.3, 0.4) is 0 Å². The Hall–Kier alpha value is -1.37. The second-order valence-corrected chi connectivity index (χ2v) is 5.07. The molecule has 2 heterocycles. The van der Waals surface area contributed by atoms with Crippen molar-refractivity contribution in [3.05, 3.63) is 16.9 Å². The number of carboxylic acids is 1.